The van der Waals surface area contributed by atoms with Crippen LogP contribution in [-0.4, -0.2) is 86.4 Å². The number of ketones is 1. The van der Waals surface area contributed by atoms with Crippen molar-refractivity contribution in [2.24, 2.45) is 0 Å². The Morgan fingerprint density at radius 1 is 1.13 bits per heavy atom. The minimum atomic E-state index is -4.48. The number of rotatable bonds is 11. The summed E-state index contributed by atoms with van der Waals surface area (Å²) < 4.78 is 41.3. The number of piperazine rings is 1. The maximum atomic E-state index is 13.8. The number of aromatic nitrogens is 3. The van der Waals surface area contributed by atoms with Crippen molar-refractivity contribution < 1.29 is 27.9 Å². The number of carbonyl (C=O) groups is 2. The minimum Gasteiger partial charge on any atom is -0.481 e. The summed E-state index contributed by atoms with van der Waals surface area (Å²) in [7, 11) is 0. The van der Waals surface area contributed by atoms with Gasteiger partial charge >= 0.3 is 12.1 Å². The lowest BCUT2D eigenvalue weighted by Crippen LogP contribution is -2.52. The lowest BCUT2D eigenvalue weighted by molar-refractivity contribution is -0.138. The molecule has 9 nitrogen and oxygen atoms in total. The Labute approximate surface area is 265 Å². The number of carboxylic acids is 1. The lowest BCUT2D eigenvalue weighted by Gasteiger charge is -2.40. The predicted molar refractivity (Wildman–Crippen MR) is 167 cm³/mol. The number of alkyl halides is 3. The average Bonchev–Trinajstić information content (AvgIpc) is 3.62. The molecule has 0 unspecified atom stereocenters. The summed E-state index contributed by atoms with van der Waals surface area (Å²) in [6, 6.07) is 4.83. The van der Waals surface area contributed by atoms with Crippen molar-refractivity contribution in [3.05, 3.63) is 57.3 Å². The molecule has 0 amide bonds. The summed E-state index contributed by atoms with van der Waals surface area (Å²) in [6.45, 7) is 9.70. The van der Waals surface area contributed by atoms with Crippen LogP contribution in [0.1, 0.15) is 71.0 Å². The number of hydrogen-bond donors (Lipinski definition) is 1. The van der Waals surface area contributed by atoms with Crippen LogP contribution in [0.3, 0.4) is 0 Å². The van der Waals surface area contributed by atoms with Crippen molar-refractivity contribution in [3.63, 3.8) is 0 Å². The lowest BCUT2D eigenvalue weighted by atomic mass is 10.0. The fourth-order valence-electron chi connectivity index (χ4n) is 6.31. The van der Waals surface area contributed by atoms with E-state index in [4.69, 9.17) is 10.1 Å². The highest BCUT2D eigenvalue weighted by atomic mass is 32.1. The fraction of sp³-hybridized carbons (Fsp3) is 0.531. The number of likely N-dealkylation sites (tertiary alicyclic amines) is 1. The summed E-state index contributed by atoms with van der Waals surface area (Å²) in [5.41, 5.74) is 0.556. The molecule has 242 valence electrons. The highest BCUT2D eigenvalue weighted by molar-refractivity contribution is 7.12. The Bertz CT molecular complexity index is 1510. The van der Waals surface area contributed by atoms with Crippen LogP contribution in [0.15, 0.2) is 30.6 Å². The maximum absolute atomic E-state index is 13.8. The number of benzene rings is 1. The first kappa shape index (κ1) is 33.0. The second-order valence-electron chi connectivity index (χ2n) is 11.9. The second-order valence-corrected chi connectivity index (χ2v) is 13.1. The molecular formula is C32H39F3N6O3S. The largest absolute Gasteiger partial charge is 0.481 e. The first-order chi connectivity index (χ1) is 21.4. The Balaban J connectivity index is 1.33. The second kappa shape index (κ2) is 13.9. The molecule has 2 aliphatic rings. The van der Waals surface area contributed by atoms with Crippen LogP contribution in [0, 0.1) is 6.92 Å². The van der Waals surface area contributed by atoms with E-state index in [0.717, 1.165) is 36.8 Å². The van der Waals surface area contributed by atoms with E-state index in [-0.39, 0.29) is 35.9 Å². The van der Waals surface area contributed by atoms with Gasteiger partial charge in [0.25, 0.3) is 0 Å². The molecule has 45 heavy (non-hydrogen) atoms. The number of aliphatic carboxylic acids is 1. The zero-order valence-corrected chi connectivity index (χ0v) is 26.6. The molecule has 0 bridgehead atoms. The van der Waals surface area contributed by atoms with Gasteiger partial charge in [-0.05, 0) is 51.3 Å². The van der Waals surface area contributed by atoms with Crippen LogP contribution in [-0.2, 0) is 23.9 Å². The molecule has 0 spiro atoms. The number of thiazole rings is 1. The third-order valence-electron chi connectivity index (χ3n) is 8.76. The monoisotopic (exact) mass is 644 g/mol. The normalized spacial score (nSPS) is 19.7. The molecule has 0 radical (unpaired) electrons. The highest BCUT2D eigenvalue weighted by Crippen LogP contribution is 2.38. The third kappa shape index (κ3) is 7.87. The molecule has 4 heterocycles. The smallest absolute Gasteiger partial charge is 0.416 e. The Morgan fingerprint density at radius 2 is 1.93 bits per heavy atom. The SMILES string of the molecule is CC[C@@H]1CCCN1Cc1sc(CC(=O)c2cnc(N3CCN(CCC(=O)O)C[C@H]3C)cn2)nc1-c1ccc(C)c(C(F)(F)F)c1. The average molecular weight is 645 g/mol. The molecule has 5 rings (SSSR count). The number of carboxylic acid groups (broad SMARTS) is 1. The van der Waals surface area contributed by atoms with Gasteiger partial charge in [-0.2, -0.15) is 13.2 Å². The molecular weight excluding hydrogens is 605 g/mol. The zero-order valence-electron chi connectivity index (χ0n) is 25.8. The Hall–Kier alpha value is -3.42. The van der Waals surface area contributed by atoms with Crippen LogP contribution in [0.2, 0.25) is 0 Å². The van der Waals surface area contributed by atoms with Crippen molar-refractivity contribution in [1.29, 1.82) is 0 Å². The van der Waals surface area contributed by atoms with Gasteiger partial charge < -0.3 is 10.0 Å². The molecule has 2 aromatic heterocycles. The van der Waals surface area contributed by atoms with Gasteiger partial charge in [-0.25, -0.2) is 15.0 Å². The summed E-state index contributed by atoms with van der Waals surface area (Å²) in [4.78, 5) is 45.3. The van der Waals surface area contributed by atoms with Crippen LogP contribution < -0.4 is 4.90 Å². The van der Waals surface area contributed by atoms with Gasteiger partial charge in [0.1, 0.15) is 16.5 Å². The van der Waals surface area contributed by atoms with E-state index in [9.17, 15) is 22.8 Å². The summed E-state index contributed by atoms with van der Waals surface area (Å²) in [5, 5.41) is 9.50. The van der Waals surface area contributed by atoms with Gasteiger partial charge in [0, 0.05) is 55.2 Å². The molecule has 2 aliphatic heterocycles. The van der Waals surface area contributed by atoms with Crippen molar-refractivity contribution in [3.8, 4) is 11.3 Å². The van der Waals surface area contributed by atoms with Crippen LogP contribution in [0.4, 0.5) is 19.0 Å². The standard InChI is InChI=1S/C32H39F3N6O3S/c1-4-23-6-5-10-40(23)19-27-31(22-8-7-20(2)24(14-22)32(33,34)35)38-29(45-27)15-26(42)25-16-37-28(17-36-25)41-13-12-39(18-21(41)3)11-9-30(43)44/h7-8,14,16-17,21,23H,4-6,9-13,15,18-19H2,1-3H3,(H,43,44)/t21-,23-/m1/s1. The number of halogens is 3. The number of carbonyl (C=O) groups excluding carboxylic acids is 1. The van der Waals surface area contributed by atoms with Gasteiger partial charge in [0.15, 0.2) is 5.78 Å². The first-order valence-corrected chi connectivity index (χ1v) is 16.2. The number of anilines is 1. The van der Waals surface area contributed by atoms with E-state index in [1.54, 1.807) is 12.3 Å². The van der Waals surface area contributed by atoms with Crippen molar-refractivity contribution in [2.75, 3.05) is 37.6 Å². The molecule has 2 fully saturated rings. The van der Waals surface area contributed by atoms with E-state index < -0.39 is 17.7 Å². The Morgan fingerprint density at radius 3 is 2.60 bits per heavy atom. The number of nitrogens with zero attached hydrogens (tertiary/aromatic N) is 6. The molecule has 2 saturated heterocycles. The summed E-state index contributed by atoms with van der Waals surface area (Å²) in [5.74, 6) is -0.435. The highest BCUT2D eigenvalue weighted by Gasteiger charge is 2.33. The third-order valence-corrected chi connectivity index (χ3v) is 9.80. The van der Waals surface area contributed by atoms with Gasteiger partial charge in [0.05, 0.1) is 36.5 Å². The Kier molecular flexibility index (Phi) is 10.2. The molecule has 0 saturated carbocycles. The predicted octanol–water partition coefficient (Wildman–Crippen LogP) is 5.71. The number of aryl methyl sites for hydroxylation is 1. The van der Waals surface area contributed by atoms with Gasteiger partial charge in [-0.15, -0.1) is 11.3 Å². The topological polar surface area (TPSA) is 103 Å². The summed E-state index contributed by atoms with van der Waals surface area (Å²) in [6.07, 6.45) is 1.80. The molecule has 2 atom stereocenters. The fourth-order valence-corrected chi connectivity index (χ4v) is 7.42. The van der Waals surface area contributed by atoms with Crippen LogP contribution in [0.25, 0.3) is 11.3 Å². The van der Waals surface area contributed by atoms with E-state index in [0.29, 0.717) is 60.8 Å². The quantitative estimate of drug-likeness (QED) is 0.263. The van der Waals surface area contributed by atoms with Crippen molar-refractivity contribution in [2.45, 2.75) is 77.7 Å². The number of hydrogen-bond acceptors (Lipinski definition) is 9. The molecule has 1 N–H and O–H groups in total. The van der Waals surface area contributed by atoms with Crippen LogP contribution >= 0.6 is 11.3 Å². The van der Waals surface area contributed by atoms with E-state index in [2.05, 4.69) is 31.6 Å². The molecule has 13 heteroatoms. The van der Waals surface area contributed by atoms with E-state index in [1.807, 2.05) is 6.92 Å². The molecule has 0 aliphatic carbocycles. The van der Waals surface area contributed by atoms with E-state index >= 15 is 0 Å². The maximum Gasteiger partial charge on any atom is 0.416 e. The van der Waals surface area contributed by atoms with E-state index in [1.165, 1.54) is 30.5 Å². The van der Waals surface area contributed by atoms with Crippen LogP contribution in [0.5, 0.6) is 0 Å². The van der Waals surface area contributed by atoms with Crippen molar-refractivity contribution in [1.82, 2.24) is 24.8 Å². The van der Waals surface area contributed by atoms with Gasteiger partial charge in [-0.1, -0.05) is 19.1 Å². The minimum absolute atomic E-state index is 0.0282. The zero-order chi connectivity index (χ0) is 32.3. The summed E-state index contributed by atoms with van der Waals surface area (Å²) >= 11 is 1.37. The first-order valence-electron chi connectivity index (χ1n) is 15.4. The molecule has 3 aromatic rings. The molecule has 1 aromatic carbocycles. The van der Waals surface area contributed by atoms with Crippen molar-refractivity contribution >= 4 is 28.9 Å². The number of Topliss-reactive ketones (excluding diaryl/α,β-unsaturated/α-hetero) is 1. The van der Waals surface area contributed by atoms with Gasteiger partial charge in [-0.3, -0.25) is 19.4 Å². The van der Waals surface area contributed by atoms with Gasteiger partial charge in [0.2, 0.25) is 0 Å².